The molecule has 0 spiro atoms. The largest absolute Gasteiger partial charge is 0.513 e. The number of fused-ring (bicyclic) bond motifs is 1. The van der Waals surface area contributed by atoms with Gasteiger partial charge in [-0.3, -0.25) is 19.9 Å². The fourth-order valence-electron chi connectivity index (χ4n) is 3.93. The van der Waals surface area contributed by atoms with Crippen molar-refractivity contribution in [2.24, 2.45) is 10.5 Å². The molecule has 1 aromatic carbocycles. The van der Waals surface area contributed by atoms with Crippen molar-refractivity contribution < 1.29 is 29.2 Å². The number of hydrazone groups is 1. The molecular weight excluding hydrogens is 356 g/mol. The Morgan fingerprint density at radius 2 is 2.04 bits per heavy atom. The topological polar surface area (TPSA) is 133 Å². The zero-order valence-electron chi connectivity index (χ0n) is 14.8. The van der Waals surface area contributed by atoms with Crippen LogP contribution in [0.5, 0.6) is 0 Å². The molecule has 3 rings (SSSR count). The second-order valence-corrected chi connectivity index (χ2v) is 7.04. The van der Waals surface area contributed by atoms with Crippen molar-refractivity contribution in [1.82, 2.24) is 5.01 Å². The van der Waals surface area contributed by atoms with E-state index in [1.54, 1.807) is 24.1 Å². The van der Waals surface area contributed by atoms with Crippen LogP contribution in [-0.4, -0.2) is 68.6 Å². The Morgan fingerprint density at radius 1 is 1.37 bits per heavy atom. The summed E-state index contributed by atoms with van der Waals surface area (Å²) in [6.07, 6.45) is 0.688. The molecule has 3 unspecified atom stereocenters. The number of carboxylic acids is 1. The van der Waals surface area contributed by atoms with Crippen molar-refractivity contribution in [2.75, 3.05) is 19.6 Å². The first-order valence-electron chi connectivity index (χ1n) is 8.62. The van der Waals surface area contributed by atoms with E-state index in [1.165, 1.54) is 18.3 Å². The number of quaternary nitrogens is 1. The van der Waals surface area contributed by atoms with Gasteiger partial charge in [0.25, 0.3) is 5.69 Å². The van der Waals surface area contributed by atoms with E-state index in [1.807, 2.05) is 0 Å². The van der Waals surface area contributed by atoms with E-state index in [9.17, 15) is 29.9 Å². The van der Waals surface area contributed by atoms with Gasteiger partial charge in [-0.25, -0.2) is 4.48 Å². The van der Waals surface area contributed by atoms with Crippen LogP contribution in [0.1, 0.15) is 18.9 Å². The lowest BCUT2D eigenvalue weighted by Crippen LogP contribution is -2.67. The van der Waals surface area contributed by atoms with Gasteiger partial charge in [0.2, 0.25) is 0 Å². The number of aliphatic carboxylic acids is 1. The number of carbonyl (C=O) groups is 2. The Balaban J connectivity index is 1.90. The Hall–Kier alpha value is -3.01. The number of piperazine rings is 1. The summed E-state index contributed by atoms with van der Waals surface area (Å²) in [5.41, 5.74) is -0.632. The zero-order valence-corrected chi connectivity index (χ0v) is 14.8. The first-order valence-corrected chi connectivity index (χ1v) is 8.62. The van der Waals surface area contributed by atoms with E-state index < -0.39 is 28.4 Å². The molecular formula is C17H21N4O6+. The van der Waals surface area contributed by atoms with Crippen molar-refractivity contribution in [3.8, 4) is 0 Å². The second-order valence-electron chi connectivity index (χ2n) is 7.04. The molecule has 1 aromatic rings. The van der Waals surface area contributed by atoms with Gasteiger partial charge in [-0.15, -0.1) is 0 Å². The average molecular weight is 377 g/mol. The predicted octanol–water partition coefficient (Wildman–Crippen LogP) is 1.75. The molecule has 1 fully saturated rings. The SMILES string of the molecule is CCC1(C(=O)O)C=NN2CC[N+](Cc3ccc([N+](=O)[O-])cc3)(C(=O)O)CC21. The lowest BCUT2D eigenvalue weighted by Gasteiger charge is -2.45. The standard InChI is InChI=1S/C17H20N4O6/c1-2-17(15(22)23)11-18-19-7-8-21(16(24)25,10-14(17)19)9-12-3-5-13(6-4-12)20(26)27/h3-6,11,14H,2,7-10H2,1H3,(H-,22,23,24,25)/p+1. The predicted molar refractivity (Wildman–Crippen MR) is 94.2 cm³/mol. The maximum Gasteiger partial charge on any atom is 0.513 e. The molecule has 0 aliphatic carbocycles. The van der Waals surface area contributed by atoms with Crippen LogP contribution in [0.3, 0.4) is 0 Å². The summed E-state index contributed by atoms with van der Waals surface area (Å²) in [7, 11) is 0. The minimum absolute atomic E-state index is 0.0643. The van der Waals surface area contributed by atoms with E-state index >= 15 is 0 Å². The third-order valence-electron chi connectivity index (χ3n) is 5.69. The summed E-state index contributed by atoms with van der Waals surface area (Å²) in [4.78, 5) is 34.4. The van der Waals surface area contributed by atoms with Crippen LogP contribution in [0.25, 0.3) is 0 Å². The number of benzene rings is 1. The van der Waals surface area contributed by atoms with E-state index in [4.69, 9.17) is 0 Å². The minimum Gasteiger partial charge on any atom is -0.480 e. The van der Waals surface area contributed by atoms with Crippen molar-refractivity contribution in [3.63, 3.8) is 0 Å². The molecule has 27 heavy (non-hydrogen) atoms. The van der Waals surface area contributed by atoms with Crippen LogP contribution in [0.4, 0.5) is 10.5 Å². The normalized spacial score (nSPS) is 29.4. The maximum atomic E-state index is 12.2. The van der Waals surface area contributed by atoms with Crippen molar-refractivity contribution in [1.29, 1.82) is 0 Å². The fourth-order valence-corrected chi connectivity index (χ4v) is 3.93. The van der Waals surface area contributed by atoms with Gasteiger partial charge in [0.1, 0.15) is 31.1 Å². The van der Waals surface area contributed by atoms with E-state index in [0.717, 1.165) is 0 Å². The minimum atomic E-state index is -1.21. The summed E-state index contributed by atoms with van der Waals surface area (Å²) in [6, 6.07) is 5.22. The number of non-ortho nitro benzene ring substituents is 1. The molecule has 1 amide bonds. The number of nitrogens with zero attached hydrogens (tertiary/aromatic N) is 4. The van der Waals surface area contributed by atoms with Gasteiger partial charge in [-0.2, -0.15) is 9.90 Å². The zero-order chi connectivity index (χ0) is 19.8. The number of nitro benzene ring substituents is 1. The number of hydrogen-bond donors (Lipinski definition) is 2. The Bertz CT molecular complexity index is 810. The highest BCUT2D eigenvalue weighted by Crippen LogP contribution is 2.39. The van der Waals surface area contributed by atoms with E-state index in [2.05, 4.69) is 5.10 Å². The molecule has 0 radical (unpaired) electrons. The Labute approximate surface area is 155 Å². The van der Waals surface area contributed by atoms with Gasteiger partial charge >= 0.3 is 12.1 Å². The van der Waals surface area contributed by atoms with Crippen molar-refractivity contribution in [3.05, 3.63) is 39.9 Å². The molecule has 144 valence electrons. The highest BCUT2D eigenvalue weighted by molar-refractivity contribution is 5.96. The van der Waals surface area contributed by atoms with E-state index in [-0.39, 0.29) is 29.8 Å². The molecule has 2 N–H and O–H groups in total. The Morgan fingerprint density at radius 3 is 2.56 bits per heavy atom. The third-order valence-corrected chi connectivity index (χ3v) is 5.69. The molecule has 1 saturated heterocycles. The highest BCUT2D eigenvalue weighted by Gasteiger charge is 2.58. The number of carboxylic acid groups (broad SMARTS) is 2. The van der Waals surface area contributed by atoms with Gasteiger partial charge in [-0.05, 0) is 18.6 Å². The van der Waals surface area contributed by atoms with Gasteiger partial charge in [0.15, 0.2) is 0 Å². The van der Waals surface area contributed by atoms with Crippen molar-refractivity contribution in [2.45, 2.75) is 25.9 Å². The number of amides is 1. The lowest BCUT2D eigenvalue weighted by atomic mass is 9.78. The highest BCUT2D eigenvalue weighted by atomic mass is 16.6. The molecule has 2 aliphatic heterocycles. The average Bonchev–Trinajstić information content (AvgIpc) is 3.01. The Kier molecular flexibility index (Phi) is 4.60. The van der Waals surface area contributed by atoms with Crippen LogP contribution < -0.4 is 0 Å². The van der Waals surface area contributed by atoms with Gasteiger partial charge in [0, 0.05) is 23.9 Å². The van der Waals surface area contributed by atoms with Gasteiger partial charge < -0.3 is 10.2 Å². The van der Waals surface area contributed by atoms with Crippen LogP contribution in [0.15, 0.2) is 29.4 Å². The quantitative estimate of drug-likeness (QED) is 0.454. The molecule has 10 nitrogen and oxygen atoms in total. The molecule has 10 heteroatoms. The lowest BCUT2D eigenvalue weighted by molar-refractivity contribution is -0.879. The summed E-state index contributed by atoms with van der Waals surface area (Å²) in [6.45, 7) is 2.56. The molecule has 0 aromatic heterocycles. The summed E-state index contributed by atoms with van der Waals surface area (Å²) in [5, 5.41) is 36.4. The van der Waals surface area contributed by atoms with Gasteiger partial charge in [0.05, 0.1) is 11.5 Å². The smallest absolute Gasteiger partial charge is 0.480 e. The molecule has 2 aliphatic rings. The first-order chi connectivity index (χ1) is 12.7. The van der Waals surface area contributed by atoms with Crippen LogP contribution in [0.2, 0.25) is 0 Å². The van der Waals surface area contributed by atoms with Crippen LogP contribution in [0, 0.1) is 15.5 Å². The summed E-state index contributed by atoms with van der Waals surface area (Å²) >= 11 is 0. The molecule has 0 bridgehead atoms. The number of rotatable bonds is 5. The molecule has 0 saturated carbocycles. The van der Waals surface area contributed by atoms with Crippen LogP contribution >= 0.6 is 0 Å². The van der Waals surface area contributed by atoms with Crippen LogP contribution in [-0.2, 0) is 11.3 Å². The summed E-state index contributed by atoms with van der Waals surface area (Å²) < 4.78 is -0.336. The monoisotopic (exact) mass is 377 g/mol. The molecule has 2 heterocycles. The number of hydrogen-bond acceptors (Lipinski definition) is 6. The third kappa shape index (κ3) is 3.01. The first kappa shape index (κ1) is 18.8. The summed E-state index contributed by atoms with van der Waals surface area (Å²) in [5.74, 6) is -1.01. The van der Waals surface area contributed by atoms with Crippen molar-refractivity contribution >= 4 is 24.0 Å². The maximum absolute atomic E-state index is 12.2. The van der Waals surface area contributed by atoms with Gasteiger partial charge in [-0.1, -0.05) is 6.92 Å². The second kappa shape index (κ2) is 6.62. The number of nitro groups is 1. The van der Waals surface area contributed by atoms with E-state index in [0.29, 0.717) is 18.5 Å². The molecule has 3 atom stereocenters. The fraction of sp³-hybridized carbons (Fsp3) is 0.471.